The monoisotopic (exact) mass is 452 g/mol. The second-order valence-electron chi connectivity index (χ2n) is 11.5. The number of piperidine rings is 2. The van der Waals surface area contributed by atoms with Crippen LogP contribution in [0, 0.1) is 17.8 Å². The number of rotatable bonds is 4. The first kappa shape index (κ1) is 22.9. The van der Waals surface area contributed by atoms with Gasteiger partial charge in [0.15, 0.2) is 0 Å². The molecule has 0 aromatic heterocycles. The Bertz CT molecular complexity index is 592. The normalized spacial score (nSPS) is 44.8. The minimum Gasteiger partial charge on any atom is -0.390 e. The summed E-state index contributed by atoms with van der Waals surface area (Å²) in [5.74, 6) is 1.78. The number of nitrogens with one attached hydrogen (secondary N) is 3. The average Bonchev–Trinajstić information content (AvgIpc) is 3.26. The highest BCUT2D eigenvalue weighted by Gasteiger charge is 2.44. The van der Waals surface area contributed by atoms with E-state index < -0.39 is 5.60 Å². The zero-order valence-electron chi connectivity index (χ0n) is 19.5. The third-order valence-electron chi connectivity index (χ3n) is 9.76. The van der Waals surface area contributed by atoms with Gasteiger partial charge in [0.1, 0.15) is 0 Å². The molecule has 5 rings (SSSR count). The van der Waals surface area contributed by atoms with Gasteiger partial charge in [-0.05, 0) is 76.3 Å². The molecule has 0 spiro atoms. The Labute approximate surface area is 194 Å². The van der Waals surface area contributed by atoms with Crippen molar-refractivity contribution < 1.29 is 5.11 Å². The number of hydrogen-bond acceptors (Lipinski definition) is 5. The van der Waals surface area contributed by atoms with Gasteiger partial charge in [-0.3, -0.25) is 10.2 Å². The minimum atomic E-state index is -0.396. The summed E-state index contributed by atoms with van der Waals surface area (Å²) in [6, 6.07) is 1.72. The van der Waals surface area contributed by atoms with Crippen LogP contribution in [-0.2, 0) is 0 Å². The molecule has 31 heavy (non-hydrogen) atoms. The lowest BCUT2D eigenvalue weighted by molar-refractivity contribution is -0.0902. The maximum Gasteiger partial charge on any atom is 0.0700 e. The van der Waals surface area contributed by atoms with E-state index in [1.54, 1.807) is 0 Å². The van der Waals surface area contributed by atoms with Crippen molar-refractivity contribution in [3.63, 3.8) is 0 Å². The maximum atomic E-state index is 11.4. The summed E-state index contributed by atoms with van der Waals surface area (Å²) in [5.41, 5.74) is -0.396. The zero-order chi connectivity index (χ0) is 21.4. The third kappa shape index (κ3) is 4.83. The fourth-order valence-electron chi connectivity index (χ4n) is 7.79. The number of hydrogen-bond donors (Lipinski definition) is 4. The highest BCUT2D eigenvalue weighted by atomic mass is 35.5. The van der Waals surface area contributed by atoms with E-state index in [4.69, 9.17) is 11.6 Å². The number of halogens is 1. The molecule has 0 aromatic rings. The van der Waals surface area contributed by atoms with Crippen LogP contribution in [0.1, 0.15) is 77.6 Å². The molecule has 0 aromatic carbocycles. The first-order chi connectivity index (χ1) is 15.0. The van der Waals surface area contributed by atoms with Gasteiger partial charge in [-0.15, -0.1) is 11.6 Å². The quantitative estimate of drug-likeness (QED) is 0.494. The van der Waals surface area contributed by atoms with Crippen molar-refractivity contribution in [2.75, 3.05) is 26.2 Å². The van der Waals surface area contributed by atoms with Gasteiger partial charge in [0.05, 0.1) is 11.8 Å². The van der Waals surface area contributed by atoms with Crippen LogP contribution in [0.2, 0.25) is 0 Å². The van der Waals surface area contributed by atoms with E-state index in [0.29, 0.717) is 47.4 Å². The van der Waals surface area contributed by atoms with Gasteiger partial charge in [-0.25, -0.2) is 0 Å². The van der Waals surface area contributed by atoms with E-state index in [9.17, 15) is 5.11 Å². The molecule has 7 atom stereocenters. The Morgan fingerprint density at radius 3 is 2.48 bits per heavy atom. The zero-order valence-corrected chi connectivity index (χ0v) is 20.3. The molecule has 5 aliphatic rings. The fraction of sp³-hybridized carbons (Fsp3) is 1.00. The third-order valence-corrected chi connectivity index (χ3v) is 10.3. The van der Waals surface area contributed by atoms with Gasteiger partial charge in [-0.1, -0.05) is 26.2 Å². The largest absolute Gasteiger partial charge is 0.390 e. The molecule has 5 nitrogen and oxygen atoms in total. The van der Waals surface area contributed by atoms with Crippen molar-refractivity contribution >= 4 is 11.6 Å². The van der Waals surface area contributed by atoms with Crippen LogP contribution >= 0.6 is 11.6 Å². The average molecular weight is 453 g/mol. The van der Waals surface area contributed by atoms with Crippen LogP contribution in [-0.4, -0.2) is 71.5 Å². The first-order valence-electron chi connectivity index (χ1n) is 13.4. The first-order valence-corrected chi connectivity index (χ1v) is 13.8. The van der Waals surface area contributed by atoms with E-state index in [1.807, 2.05) is 0 Å². The molecule has 7 unspecified atom stereocenters. The Morgan fingerprint density at radius 2 is 1.71 bits per heavy atom. The van der Waals surface area contributed by atoms with E-state index in [0.717, 1.165) is 45.4 Å². The lowest BCUT2D eigenvalue weighted by atomic mass is 9.72. The van der Waals surface area contributed by atoms with Crippen molar-refractivity contribution in [2.24, 2.45) is 17.8 Å². The van der Waals surface area contributed by atoms with Crippen molar-refractivity contribution in [3.05, 3.63) is 0 Å². The number of alkyl halides is 1. The van der Waals surface area contributed by atoms with E-state index in [1.165, 1.54) is 51.4 Å². The Hall–Kier alpha value is 0.0900. The summed E-state index contributed by atoms with van der Waals surface area (Å²) in [4.78, 5) is 2.71. The number of aliphatic hydroxyl groups is 1. The molecule has 6 heteroatoms. The molecule has 3 saturated heterocycles. The molecule has 178 valence electrons. The van der Waals surface area contributed by atoms with Crippen LogP contribution in [0.25, 0.3) is 0 Å². The molecule has 3 aliphatic heterocycles. The summed E-state index contributed by atoms with van der Waals surface area (Å²) >= 11 is 6.78. The van der Waals surface area contributed by atoms with Crippen LogP contribution in [0.5, 0.6) is 0 Å². The standard InChI is InChI=1S/C25H45ClN4O/c1-17-23(30-13-9-25(31,10-14-30)18-5-3-2-4-6-18)8-12-28-24(17)29-19-15-21(26)20-7-11-27-22(20)16-19/h17-24,27-29,31H,2-16H2,1H3. The second-order valence-corrected chi connectivity index (χ2v) is 12.0. The van der Waals surface area contributed by atoms with Crippen molar-refractivity contribution in [1.29, 1.82) is 0 Å². The van der Waals surface area contributed by atoms with Gasteiger partial charge in [0, 0.05) is 42.5 Å². The van der Waals surface area contributed by atoms with Crippen molar-refractivity contribution in [3.8, 4) is 0 Å². The summed E-state index contributed by atoms with van der Waals surface area (Å²) in [5, 5.41) is 23.1. The molecule has 0 amide bonds. The molecular weight excluding hydrogens is 408 g/mol. The molecule has 3 heterocycles. The fourth-order valence-corrected chi connectivity index (χ4v) is 8.31. The van der Waals surface area contributed by atoms with Crippen molar-refractivity contribution in [1.82, 2.24) is 20.9 Å². The molecule has 2 aliphatic carbocycles. The van der Waals surface area contributed by atoms with Crippen LogP contribution in [0.15, 0.2) is 0 Å². The van der Waals surface area contributed by atoms with Crippen molar-refractivity contribution in [2.45, 2.75) is 113 Å². The van der Waals surface area contributed by atoms with E-state index in [-0.39, 0.29) is 0 Å². The van der Waals surface area contributed by atoms with Crippen LogP contribution in [0.3, 0.4) is 0 Å². The summed E-state index contributed by atoms with van der Waals surface area (Å²) in [6.45, 7) is 6.77. The predicted octanol–water partition coefficient (Wildman–Crippen LogP) is 3.06. The van der Waals surface area contributed by atoms with Gasteiger partial charge >= 0.3 is 0 Å². The Kier molecular flexibility index (Phi) is 7.19. The molecular formula is C25H45ClN4O. The van der Waals surface area contributed by atoms with Crippen LogP contribution < -0.4 is 16.0 Å². The summed E-state index contributed by atoms with van der Waals surface area (Å²) in [6.07, 6.45) is 13.6. The molecule has 5 fully saturated rings. The topological polar surface area (TPSA) is 59.6 Å². The van der Waals surface area contributed by atoms with E-state index >= 15 is 0 Å². The summed E-state index contributed by atoms with van der Waals surface area (Å²) < 4.78 is 0. The second kappa shape index (κ2) is 9.76. The Balaban J connectivity index is 1.15. The molecule has 4 N–H and O–H groups in total. The predicted molar refractivity (Wildman–Crippen MR) is 127 cm³/mol. The number of likely N-dealkylation sites (tertiary alicyclic amines) is 1. The highest BCUT2D eigenvalue weighted by Crippen LogP contribution is 2.40. The number of fused-ring (bicyclic) bond motifs is 1. The van der Waals surface area contributed by atoms with Gasteiger partial charge < -0.3 is 15.7 Å². The lowest BCUT2D eigenvalue weighted by Crippen LogP contribution is -2.63. The number of nitrogens with zero attached hydrogens (tertiary/aromatic N) is 1. The van der Waals surface area contributed by atoms with Crippen LogP contribution in [0.4, 0.5) is 0 Å². The lowest BCUT2D eigenvalue weighted by Gasteiger charge is -2.50. The Morgan fingerprint density at radius 1 is 0.968 bits per heavy atom. The molecule has 2 saturated carbocycles. The molecule has 0 radical (unpaired) electrons. The highest BCUT2D eigenvalue weighted by molar-refractivity contribution is 6.21. The van der Waals surface area contributed by atoms with E-state index in [2.05, 4.69) is 27.8 Å². The van der Waals surface area contributed by atoms with Gasteiger partial charge in [0.25, 0.3) is 0 Å². The maximum absolute atomic E-state index is 11.4. The molecule has 0 bridgehead atoms. The summed E-state index contributed by atoms with van der Waals surface area (Å²) in [7, 11) is 0. The minimum absolute atomic E-state index is 0.306. The smallest absolute Gasteiger partial charge is 0.0700 e. The SMILES string of the molecule is CC1C(NC2CC(Cl)C3CCNC3C2)NCCC1N1CCC(O)(C2CCCCC2)CC1. The van der Waals surface area contributed by atoms with Gasteiger partial charge in [0.2, 0.25) is 0 Å². The van der Waals surface area contributed by atoms with Gasteiger partial charge in [-0.2, -0.15) is 0 Å².